The molecular formula is C18H30ClN3O4S. The number of rotatable bonds is 9. The van der Waals surface area contributed by atoms with Gasteiger partial charge in [-0.2, -0.15) is 0 Å². The second-order valence-electron chi connectivity index (χ2n) is 6.68. The molecule has 27 heavy (non-hydrogen) atoms. The number of nitrogens with zero attached hydrogens (tertiary/aromatic N) is 1. The van der Waals surface area contributed by atoms with Crippen LogP contribution in [0.5, 0.6) is 0 Å². The fourth-order valence-electron chi connectivity index (χ4n) is 2.97. The minimum Gasteiger partial charge on any atom is -0.383 e. The first-order valence-corrected chi connectivity index (χ1v) is 10.4. The number of benzene rings is 1. The molecular weight excluding hydrogens is 390 g/mol. The van der Waals surface area contributed by atoms with Crippen molar-refractivity contribution in [3.8, 4) is 0 Å². The first-order valence-electron chi connectivity index (χ1n) is 8.96. The van der Waals surface area contributed by atoms with Crippen molar-refractivity contribution in [1.82, 2.24) is 14.9 Å². The van der Waals surface area contributed by atoms with Crippen LogP contribution in [0, 0.1) is 12.8 Å². The van der Waals surface area contributed by atoms with E-state index in [9.17, 15) is 13.2 Å². The Morgan fingerprint density at radius 3 is 2.67 bits per heavy atom. The summed E-state index contributed by atoms with van der Waals surface area (Å²) in [4.78, 5) is 14.3. The summed E-state index contributed by atoms with van der Waals surface area (Å²) in [5.41, 5.74) is 1.02. The van der Waals surface area contributed by atoms with Crippen LogP contribution < -0.4 is 10.0 Å². The molecule has 0 bridgehead atoms. The number of likely N-dealkylation sites (tertiary alicyclic amines) is 1. The number of ether oxygens (including phenoxy) is 1. The van der Waals surface area contributed by atoms with Gasteiger partial charge in [-0.05, 0) is 37.8 Å². The van der Waals surface area contributed by atoms with Gasteiger partial charge in [0, 0.05) is 33.3 Å². The Bertz CT molecular complexity index is 682. The molecule has 2 N–H and O–H groups in total. The van der Waals surface area contributed by atoms with Crippen LogP contribution in [0.3, 0.4) is 0 Å². The van der Waals surface area contributed by atoms with E-state index in [0.717, 1.165) is 24.9 Å². The Labute approximate surface area is 168 Å². The van der Waals surface area contributed by atoms with Crippen molar-refractivity contribution in [3.63, 3.8) is 0 Å². The zero-order valence-electron chi connectivity index (χ0n) is 15.9. The molecule has 0 aliphatic carbocycles. The van der Waals surface area contributed by atoms with Crippen molar-refractivity contribution in [2.45, 2.75) is 24.7 Å². The van der Waals surface area contributed by atoms with E-state index >= 15 is 0 Å². The molecule has 0 radical (unpaired) electrons. The average molecular weight is 420 g/mol. The van der Waals surface area contributed by atoms with Gasteiger partial charge in [-0.1, -0.05) is 17.7 Å². The van der Waals surface area contributed by atoms with Gasteiger partial charge in [0.05, 0.1) is 18.0 Å². The van der Waals surface area contributed by atoms with E-state index in [-0.39, 0.29) is 35.7 Å². The van der Waals surface area contributed by atoms with Crippen molar-refractivity contribution in [3.05, 3.63) is 29.8 Å². The molecule has 1 unspecified atom stereocenters. The highest BCUT2D eigenvalue weighted by Crippen LogP contribution is 2.17. The lowest BCUT2D eigenvalue weighted by atomic mass is 9.98. The number of sulfonamides is 1. The molecule has 1 atom stereocenters. The molecule has 1 aromatic carbocycles. The lowest BCUT2D eigenvalue weighted by Gasteiger charge is -2.33. The van der Waals surface area contributed by atoms with Crippen molar-refractivity contribution in [1.29, 1.82) is 0 Å². The standard InChI is InChI=1S/C18H29N3O4S.ClH/c1-15-5-7-17(8-6-15)26(23,24)20-12-16-4-3-10-21(14-16)18(22)13-19-9-11-25-2;/h5-8,16,19-20H,3-4,9-14H2,1-2H3;1H. The number of hydrogen-bond acceptors (Lipinski definition) is 5. The van der Waals surface area contributed by atoms with Crippen molar-refractivity contribution < 1.29 is 17.9 Å². The summed E-state index contributed by atoms with van der Waals surface area (Å²) in [6, 6.07) is 6.79. The third-order valence-electron chi connectivity index (χ3n) is 4.52. The minimum atomic E-state index is -3.51. The van der Waals surface area contributed by atoms with Crippen LogP contribution >= 0.6 is 12.4 Å². The number of carbonyl (C=O) groups excluding carboxylic acids is 1. The maximum absolute atomic E-state index is 12.4. The first-order chi connectivity index (χ1) is 12.4. The van der Waals surface area contributed by atoms with Crippen LogP contribution in [0.1, 0.15) is 18.4 Å². The third kappa shape index (κ3) is 7.75. The molecule has 1 aliphatic rings. The van der Waals surface area contributed by atoms with E-state index in [1.54, 1.807) is 31.4 Å². The molecule has 1 aliphatic heterocycles. The second-order valence-corrected chi connectivity index (χ2v) is 8.45. The lowest BCUT2D eigenvalue weighted by Crippen LogP contribution is -2.46. The molecule has 9 heteroatoms. The molecule has 0 aromatic heterocycles. The minimum absolute atomic E-state index is 0. The van der Waals surface area contributed by atoms with Crippen LogP contribution in [-0.4, -0.2) is 65.7 Å². The molecule has 2 rings (SSSR count). The van der Waals surface area contributed by atoms with E-state index in [0.29, 0.717) is 26.2 Å². The number of halogens is 1. The van der Waals surface area contributed by atoms with Crippen molar-refractivity contribution >= 4 is 28.3 Å². The summed E-state index contributed by atoms with van der Waals surface area (Å²) >= 11 is 0. The largest absolute Gasteiger partial charge is 0.383 e. The fourth-order valence-corrected chi connectivity index (χ4v) is 4.08. The molecule has 1 fully saturated rings. The predicted molar refractivity (Wildman–Crippen MR) is 108 cm³/mol. The Morgan fingerprint density at radius 1 is 1.30 bits per heavy atom. The van der Waals surface area contributed by atoms with Crippen LogP contribution in [0.25, 0.3) is 0 Å². The van der Waals surface area contributed by atoms with E-state index in [4.69, 9.17) is 4.74 Å². The number of nitrogens with one attached hydrogen (secondary N) is 2. The van der Waals surface area contributed by atoms with Gasteiger partial charge in [0.25, 0.3) is 0 Å². The predicted octanol–water partition coefficient (Wildman–Crippen LogP) is 1.17. The fraction of sp³-hybridized carbons (Fsp3) is 0.611. The second kappa shape index (κ2) is 11.6. The highest BCUT2D eigenvalue weighted by molar-refractivity contribution is 7.89. The maximum atomic E-state index is 12.4. The Hall–Kier alpha value is -1.19. The quantitative estimate of drug-likeness (QED) is 0.586. The van der Waals surface area contributed by atoms with Gasteiger partial charge in [0.2, 0.25) is 15.9 Å². The third-order valence-corrected chi connectivity index (χ3v) is 5.96. The maximum Gasteiger partial charge on any atom is 0.240 e. The number of methoxy groups -OCH3 is 1. The molecule has 7 nitrogen and oxygen atoms in total. The summed E-state index contributed by atoms with van der Waals surface area (Å²) in [6.07, 6.45) is 1.80. The lowest BCUT2D eigenvalue weighted by molar-refractivity contribution is -0.132. The van der Waals surface area contributed by atoms with Gasteiger partial charge in [-0.15, -0.1) is 12.4 Å². The van der Waals surface area contributed by atoms with Gasteiger partial charge in [0.15, 0.2) is 0 Å². The normalized spacial score (nSPS) is 17.4. The number of aryl methyl sites for hydroxylation is 1. The van der Waals surface area contributed by atoms with Gasteiger partial charge in [-0.25, -0.2) is 13.1 Å². The molecule has 1 heterocycles. The zero-order valence-corrected chi connectivity index (χ0v) is 17.6. The van der Waals surface area contributed by atoms with Gasteiger partial charge in [-0.3, -0.25) is 4.79 Å². The Balaban J connectivity index is 0.00000364. The molecule has 0 spiro atoms. The molecule has 1 amide bonds. The zero-order chi connectivity index (χ0) is 19.0. The number of piperidine rings is 1. The van der Waals surface area contributed by atoms with E-state index < -0.39 is 10.0 Å². The van der Waals surface area contributed by atoms with Crippen LogP contribution in [0.15, 0.2) is 29.2 Å². The summed E-state index contributed by atoms with van der Waals surface area (Å²) in [5, 5.41) is 3.05. The van der Waals surface area contributed by atoms with Crippen molar-refractivity contribution in [2.75, 3.05) is 46.4 Å². The number of hydrogen-bond donors (Lipinski definition) is 2. The highest BCUT2D eigenvalue weighted by atomic mass is 35.5. The van der Waals surface area contributed by atoms with Crippen LogP contribution in [-0.2, 0) is 19.6 Å². The summed E-state index contributed by atoms with van der Waals surface area (Å²) in [7, 11) is -1.89. The summed E-state index contributed by atoms with van der Waals surface area (Å²) < 4.78 is 32.4. The number of amides is 1. The van der Waals surface area contributed by atoms with E-state index in [1.807, 2.05) is 11.8 Å². The summed E-state index contributed by atoms with van der Waals surface area (Å²) in [6.45, 7) is 5.06. The summed E-state index contributed by atoms with van der Waals surface area (Å²) in [5.74, 6) is 0.180. The van der Waals surface area contributed by atoms with Crippen LogP contribution in [0.4, 0.5) is 0 Å². The van der Waals surface area contributed by atoms with Gasteiger partial charge < -0.3 is 15.0 Å². The highest BCUT2D eigenvalue weighted by Gasteiger charge is 2.25. The van der Waals surface area contributed by atoms with Gasteiger partial charge >= 0.3 is 0 Å². The smallest absolute Gasteiger partial charge is 0.240 e. The van der Waals surface area contributed by atoms with Crippen molar-refractivity contribution in [2.24, 2.45) is 5.92 Å². The first kappa shape index (κ1) is 23.8. The molecule has 1 aromatic rings. The Kier molecular flexibility index (Phi) is 10.3. The van der Waals surface area contributed by atoms with E-state index in [2.05, 4.69) is 10.0 Å². The molecule has 154 valence electrons. The van der Waals surface area contributed by atoms with Crippen LogP contribution in [0.2, 0.25) is 0 Å². The molecule has 0 saturated carbocycles. The van der Waals surface area contributed by atoms with E-state index in [1.165, 1.54) is 0 Å². The number of carbonyl (C=O) groups is 1. The average Bonchev–Trinajstić information content (AvgIpc) is 2.64. The molecule has 1 saturated heterocycles. The van der Waals surface area contributed by atoms with Gasteiger partial charge in [0.1, 0.15) is 0 Å². The monoisotopic (exact) mass is 419 g/mol. The Morgan fingerprint density at radius 2 is 2.00 bits per heavy atom. The SMILES string of the molecule is COCCNCC(=O)N1CCCC(CNS(=O)(=O)c2ccc(C)cc2)C1.Cl. The topological polar surface area (TPSA) is 87.7 Å².